The summed E-state index contributed by atoms with van der Waals surface area (Å²) in [6.45, 7) is 0. The van der Waals surface area contributed by atoms with Crippen LogP contribution in [0.15, 0.2) is 30.5 Å². The molecule has 84 valence electrons. The van der Waals surface area contributed by atoms with Gasteiger partial charge in [-0.3, -0.25) is 4.98 Å². The van der Waals surface area contributed by atoms with Gasteiger partial charge in [0, 0.05) is 16.8 Å². The highest BCUT2D eigenvalue weighted by atomic mass is 35.5. The van der Waals surface area contributed by atoms with Gasteiger partial charge in [0.05, 0.1) is 22.0 Å². The van der Waals surface area contributed by atoms with Gasteiger partial charge >= 0.3 is 0 Å². The zero-order valence-electron chi connectivity index (χ0n) is 8.61. The Hall–Kier alpha value is -1.76. The van der Waals surface area contributed by atoms with Crippen molar-refractivity contribution in [3.63, 3.8) is 0 Å². The van der Waals surface area contributed by atoms with Crippen LogP contribution in [0.4, 0.5) is 5.69 Å². The third kappa shape index (κ3) is 2.33. The molecule has 0 bridgehead atoms. The van der Waals surface area contributed by atoms with Crippen molar-refractivity contribution in [3.8, 4) is 17.3 Å². The van der Waals surface area contributed by atoms with Gasteiger partial charge in [-0.2, -0.15) is 5.26 Å². The fraction of sp³-hybridized carbons (Fsp3) is 0. The molecule has 1 aromatic carbocycles. The largest absolute Gasteiger partial charge is 0.397 e. The molecule has 0 amide bonds. The molecule has 0 unspecified atom stereocenters. The maximum atomic E-state index is 8.73. The first-order valence-electron chi connectivity index (χ1n) is 4.73. The first kappa shape index (κ1) is 11.7. The first-order chi connectivity index (χ1) is 8.11. The van der Waals surface area contributed by atoms with Gasteiger partial charge in [-0.1, -0.05) is 23.2 Å². The Morgan fingerprint density at radius 3 is 2.65 bits per heavy atom. The number of nitrogens with two attached hydrogens (primary N) is 1. The molecule has 0 saturated heterocycles. The number of hydrogen-bond acceptors (Lipinski definition) is 3. The van der Waals surface area contributed by atoms with Crippen LogP contribution in [-0.4, -0.2) is 4.98 Å². The summed E-state index contributed by atoms with van der Waals surface area (Å²) in [5.41, 5.74) is 7.81. The van der Waals surface area contributed by atoms with Crippen LogP contribution in [0.1, 0.15) is 5.56 Å². The van der Waals surface area contributed by atoms with Crippen LogP contribution < -0.4 is 5.73 Å². The molecule has 0 radical (unpaired) electrons. The predicted molar refractivity (Wildman–Crippen MR) is 68.8 cm³/mol. The summed E-state index contributed by atoms with van der Waals surface area (Å²) in [5.74, 6) is 0. The van der Waals surface area contributed by atoms with Crippen molar-refractivity contribution in [1.82, 2.24) is 4.98 Å². The zero-order valence-corrected chi connectivity index (χ0v) is 10.1. The van der Waals surface area contributed by atoms with E-state index in [1.165, 1.54) is 6.20 Å². The summed E-state index contributed by atoms with van der Waals surface area (Å²) in [4.78, 5) is 4.13. The Morgan fingerprint density at radius 1 is 1.24 bits per heavy atom. The minimum absolute atomic E-state index is 0.396. The quantitative estimate of drug-likeness (QED) is 0.857. The van der Waals surface area contributed by atoms with Crippen molar-refractivity contribution in [2.75, 3.05) is 5.73 Å². The number of benzene rings is 1. The van der Waals surface area contributed by atoms with Crippen molar-refractivity contribution in [3.05, 3.63) is 46.1 Å². The average molecular weight is 264 g/mol. The lowest BCUT2D eigenvalue weighted by Crippen LogP contribution is -1.95. The molecule has 0 saturated carbocycles. The fourth-order valence-corrected chi connectivity index (χ4v) is 1.83. The van der Waals surface area contributed by atoms with E-state index in [2.05, 4.69) is 4.98 Å². The van der Waals surface area contributed by atoms with Gasteiger partial charge in [0.25, 0.3) is 0 Å². The molecule has 17 heavy (non-hydrogen) atoms. The van der Waals surface area contributed by atoms with E-state index in [0.717, 1.165) is 0 Å². The summed E-state index contributed by atoms with van der Waals surface area (Å²) >= 11 is 12.0. The molecule has 2 rings (SSSR count). The van der Waals surface area contributed by atoms with Crippen LogP contribution >= 0.6 is 23.2 Å². The van der Waals surface area contributed by atoms with Crippen molar-refractivity contribution in [2.24, 2.45) is 0 Å². The highest BCUT2D eigenvalue weighted by Gasteiger charge is 2.10. The van der Waals surface area contributed by atoms with Gasteiger partial charge in [0.1, 0.15) is 6.07 Å². The molecule has 1 heterocycles. The fourth-order valence-electron chi connectivity index (χ4n) is 1.45. The van der Waals surface area contributed by atoms with Crippen LogP contribution in [-0.2, 0) is 0 Å². The van der Waals surface area contributed by atoms with Crippen LogP contribution in [0.2, 0.25) is 10.0 Å². The number of nitrogens with zero attached hydrogens (tertiary/aromatic N) is 2. The molecular weight excluding hydrogens is 257 g/mol. The molecule has 0 atom stereocenters. The number of halogens is 2. The lowest BCUT2D eigenvalue weighted by atomic mass is 10.1. The minimum atomic E-state index is 0.396. The molecule has 0 fully saturated rings. The van der Waals surface area contributed by atoms with Crippen molar-refractivity contribution < 1.29 is 0 Å². The number of anilines is 1. The lowest BCUT2D eigenvalue weighted by molar-refractivity contribution is 1.30. The summed E-state index contributed by atoms with van der Waals surface area (Å²) in [6, 6.07) is 8.58. The monoisotopic (exact) mass is 263 g/mol. The van der Waals surface area contributed by atoms with E-state index >= 15 is 0 Å². The third-order valence-corrected chi connectivity index (χ3v) is 2.79. The number of pyridine rings is 1. The molecule has 0 aliphatic heterocycles. The second kappa shape index (κ2) is 4.62. The van der Waals surface area contributed by atoms with Gasteiger partial charge in [-0.15, -0.1) is 0 Å². The van der Waals surface area contributed by atoms with Crippen LogP contribution in [0.25, 0.3) is 11.3 Å². The normalized spacial score (nSPS) is 9.94. The number of aromatic nitrogens is 1. The highest BCUT2D eigenvalue weighted by Crippen LogP contribution is 2.32. The molecule has 2 N–H and O–H groups in total. The standard InChI is InChI=1S/C12H7Cl2N3/c13-8-1-2-10(14)9(4-8)12-11(16)3-7(5-15)6-17-12/h1-4,6H,16H2. The van der Waals surface area contributed by atoms with E-state index in [9.17, 15) is 0 Å². The van der Waals surface area contributed by atoms with E-state index < -0.39 is 0 Å². The summed E-state index contributed by atoms with van der Waals surface area (Å²) in [6.07, 6.45) is 1.45. The van der Waals surface area contributed by atoms with Gasteiger partial charge in [-0.05, 0) is 24.3 Å². The van der Waals surface area contributed by atoms with Crippen molar-refractivity contribution in [1.29, 1.82) is 5.26 Å². The predicted octanol–water partition coefficient (Wildman–Crippen LogP) is 3.51. The Bertz CT molecular complexity index is 618. The third-order valence-electron chi connectivity index (χ3n) is 2.23. The molecule has 5 heteroatoms. The molecule has 0 aliphatic rings. The topological polar surface area (TPSA) is 62.7 Å². The second-order valence-corrected chi connectivity index (χ2v) is 4.24. The molecule has 2 aromatic rings. The van der Waals surface area contributed by atoms with E-state index in [4.69, 9.17) is 34.2 Å². The SMILES string of the molecule is N#Cc1cnc(-c2cc(Cl)ccc2Cl)c(N)c1. The van der Waals surface area contributed by atoms with Gasteiger partial charge in [0.15, 0.2) is 0 Å². The van der Waals surface area contributed by atoms with E-state index in [0.29, 0.717) is 32.6 Å². The number of hydrogen-bond donors (Lipinski definition) is 1. The Kier molecular flexibility index (Phi) is 3.19. The first-order valence-corrected chi connectivity index (χ1v) is 5.48. The van der Waals surface area contributed by atoms with Crippen LogP contribution in [0, 0.1) is 11.3 Å². The van der Waals surface area contributed by atoms with Crippen LogP contribution in [0.3, 0.4) is 0 Å². The Balaban J connectivity index is 2.61. The smallest absolute Gasteiger partial charge is 0.101 e. The second-order valence-electron chi connectivity index (χ2n) is 3.40. The molecule has 0 aliphatic carbocycles. The summed E-state index contributed by atoms with van der Waals surface area (Å²) < 4.78 is 0. The zero-order chi connectivity index (χ0) is 12.4. The van der Waals surface area contributed by atoms with E-state index in [-0.39, 0.29) is 0 Å². The van der Waals surface area contributed by atoms with E-state index in [1.54, 1.807) is 24.3 Å². The number of nitriles is 1. The van der Waals surface area contributed by atoms with Crippen molar-refractivity contribution >= 4 is 28.9 Å². The molecular formula is C12H7Cl2N3. The lowest BCUT2D eigenvalue weighted by Gasteiger charge is -2.07. The van der Waals surface area contributed by atoms with Crippen LogP contribution in [0.5, 0.6) is 0 Å². The number of nitrogen functional groups attached to an aromatic ring is 1. The summed E-state index contributed by atoms with van der Waals surface area (Å²) in [5, 5.41) is 9.79. The maximum absolute atomic E-state index is 8.73. The van der Waals surface area contributed by atoms with Gasteiger partial charge < -0.3 is 5.73 Å². The van der Waals surface area contributed by atoms with Crippen molar-refractivity contribution in [2.45, 2.75) is 0 Å². The maximum Gasteiger partial charge on any atom is 0.101 e. The minimum Gasteiger partial charge on any atom is -0.397 e. The Morgan fingerprint density at radius 2 is 2.00 bits per heavy atom. The van der Waals surface area contributed by atoms with Gasteiger partial charge in [0.2, 0.25) is 0 Å². The van der Waals surface area contributed by atoms with Gasteiger partial charge in [-0.25, -0.2) is 0 Å². The summed E-state index contributed by atoms with van der Waals surface area (Å²) in [7, 11) is 0. The molecule has 1 aromatic heterocycles. The number of rotatable bonds is 1. The average Bonchev–Trinajstić information content (AvgIpc) is 2.32. The molecule has 0 spiro atoms. The van der Waals surface area contributed by atoms with E-state index in [1.807, 2.05) is 6.07 Å². The molecule has 3 nitrogen and oxygen atoms in total. The highest BCUT2D eigenvalue weighted by molar-refractivity contribution is 6.35. The Labute approximate surface area is 108 Å².